The van der Waals surface area contributed by atoms with Gasteiger partial charge in [0.1, 0.15) is 5.82 Å². The van der Waals surface area contributed by atoms with E-state index in [0.29, 0.717) is 0 Å². The Morgan fingerprint density at radius 3 is 2.12 bits per heavy atom. The van der Waals surface area contributed by atoms with Gasteiger partial charge in [-0.2, -0.15) is 0 Å². The predicted molar refractivity (Wildman–Crippen MR) is 142 cm³/mol. The van der Waals surface area contributed by atoms with Gasteiger partial charge in [-0.05, 0) is 66.1 Å². The van der Waals surface area contributed by atoms with E-state index in [0.717, 1.165) is 41.9 Å². The monoisotopic (exact) mass is 442 g/mol. The van der Waals surface area contributed by atoms with Crippen molar-refractivity contribution in [2.45, 2.75) is 52.0 Å². The first kappa shape index (κ1) is 23.9. The molecule has 166 valence electrons. The Labute approximate surface area is 197 Å². The number of hydrogen-bond acceptors (Lipinski definition) is 2. The van der Waals surface area contributed by atoms with Gasteiger partial charge in [0.2, 0.25) is 0 Å². The summed E-state index contributed by atoms with van der Waals surface area (Å²) in [5.41, 5.74) is 8.38. The van der Waals surface area contributed by atoms with Crippen molar-refractivity contribution in [3.8, 4) is 0 Å². The third kappa shape index (κ3) is 5.52. The summed E-state index contributed by atoms with van der Waals surface area (Å²) < 4.78 is 2.36. The lowest BCUT2D eigenvalue weighted by molar-refractivity contribution is 0.762. The van der Waals surface area contributed by atoms with Crippen LogP contribution in [0.3, 0.4) is 0 Å². The molecule has 2 nitrogen and oxygen atoms in total. The fourth-order valence-electron chi connectivity index (χ4n) is 3.75. The van der Waals surface area contributed by atoms with Crippen molar-refractivity contribution < 1.29 is 0 Å². The molecule has 0 aliphatic carbocycles. The van der Waals surface area contributed by atoms with E-state index >= 15 is 0 Å². The SMILES string of the molecule is C=C(C)c1ccc2c(c1)nc(Cc1ccc(CC)cc1)n2Cc1ccc(SC)cc1.CC. The first-order valence-corrected chi connectivity index (χ1v) is 12.7. The molecule has 3 aromatic carbocycles. The largest absolute Gasteiger partial charge is 0.323 e. The molecule has 0 bridgehead atoms. The molecular weight excluding hydrogens is 408 g/mol. The van der Waals surface area contributed by atoms with Crippen LogP contribution in [-0.2, 0) is 19.4 Å². The van der Waals surface area contributed by atoms with Crippen molar-refractivity contribution in [1.82, 2.24) is 9.55 Å². The Morgan fingerprint density at radius 1 is 0.906 bits per heavy atom. The second kappa shape index (κ2) is 11.2. The third-order valence-electron chi connectivity index (χ3n) is 5.61. The van der Waals surface area contributed by atoms with E-state index in [9.17, 15) is 0 Å². The number of aryl methyl sites for hydroxylation is 1. The molecule has 3 heteroatoms. The second-order valence-corrected chi connectivity index (χ2v) is 8.67. The summed E-state index contributed by atoms with van der Waals surface area (Å²) >= 11 is 1.77. The van der Waals surface area contributed by atoms with Crippen molar-refractivity contribution in [2.75, 3.05) is 6.26 Å². The van der Waals surface area contributed by atoms with Gasteiger partial charge in [0.05, 0.1) is 11.0 Å². The van der Waals surface area contributed by atoms with Crippen LogP contribution in [0.2, 0.25) is 0 Å². The van der Waals surface area contributed by atoms with Gasteiger partial charge < -0.3 is 4.57 Å². The van der Waals surface area contributed by atoms with Gasteiger partial charge in [-0.1, -0.05) is 75.4 Å². The molecule has 4 aromatic rings. The number of thioether (sulfide) groups is 1. The van der Waals surface area contributed by atoms with Crippen molar-refractivity contribution in [2.24, 2.45) is 0 Å². The summed E-state index contributed by atoms with van der Waals surface area (Å²) in [5.74, 6) is 1.10. The third-order valence-corrected chi connectivity index (χ3v) is 6.36. The van der Waals surface area contributed by atoms with Crippen LogP contribution in [0.25, 0.3) is 16.6 Å². The van der Waals surface area contributed by atoms with Crippen molar-refractivity contribution in [1.29, 1.82) is 0 Å². The zero-order chi connectivity index (χ0) is 23.1. The van der Waals surface area contributed by atoms with Gasteiger partial charge in [0.15, 0.2) is 0 Å². The van der Waals surface area contributed by atoms with E-state index < -0.39 is 0 Å². The molecule has 0 saturated heterocycles. The maximum absolute atomic E-state index is 5.04. The first-order valence-electron chi connectivity index (χ1n) is 11.4. The molecule has 0 atom stereocenters. The minimum Gasteiger partial charge on any atom is -0.323 e. The fraction of sp³-hybridized carbons (Fsp3) is 0.276. The lowest BCUT2D eigenvalue weighted by Gasteiger charge is -2.11. The lowest BCUT2D eigenvalue weighted by atomic mass is 10.1. The Kier molecular flexibility index (Phi) is 8.35. The Bertz CT molecular complexity index is 1170. The van der Waals surface area contributed by atoms with Crippen LogP contribution in [0.4, 0.5) is 0 Å². The van der Waals surface area contributed by atoms with Gasteiger partial charge in [-0.25, -0.2) is 4.98 Å². The molecule has 1 aromatic heterocycles. The van der Waals surface area contributed by atoms with Crippen molar-refractivity contribution in [3.63, 3.8) is 0 Å². The number of imidazole rings is 1. The van der Waals surface area contributed by atoms with E-state index in [1.807, 2.05) is 20.8 Å². The topological polar surface area (TPSA) is 17.8 Å². The molecule has 1 heterocycles. The molecule has 4 rings (SSSR count). The number of fused-ring (bicyclic) bond motifs is 1. The number of nitrogens with zero attached hydrogens (tertiary/aromatic N) is 2. The van der Waals surface area contributed by atoms with E-state index in [1.54, 1.807) is 11.8 Å². The molecule has 0 radical (unpaired) electrons. The van der Waals surface area contributed by atoms with Crippen LogP contribution in [0.15, 0.2) is 78.2 Å². The Morgan fingerprint density at radius 2 is 1.53 bits per heavy atom. The molecule has 0 N–H and O–H groups in total. The lowest BCUT2D eigenvalue weighted by Crippen LogP contribution is -2.06. The van der Waals surface area contributed by atoms with Crippen LogP contribution < -0.4 is 0 Å². The van der Waals surface area contributed by atoms with Crippen LogP contribution in [-0.4, -0.2) is 15.8 Å². The number of allylic oxidation sites excluding steroid dienone is 1. The summed E-state index contributed by atoms with van der Waals surface area (Å²) in [5, 5.41) is 0. The predicted octanol–water partition coefficient (Wildman–Crippen LogP) is 8.02. The summed E-state index contributed by atoms with van der Waals surface area (Å²) in [6.07, 6.45) is 4.00. The summed E-state index contributed by atoms with van der Waals surface area (Å²) in [4.78, 5) is 6.33. The maximum Gasteiger partial charge on any atom is 0.114 e. The van der Waals surface area contributed by atoms with Crippen LogP contribution in [0.1, 0.15) is 55.8 Å². The maximum atomic E-state index is 5.04. The van der Waals surface area contributed by atoms with Crippen LogP contribution >= 0.6 is 11.8 Å². The van der Waals surface area contributed by atoms with Gasteiger partial charge >= 0.3 is 0 Å². The average Bonchev–Trinajstić information content (AvgIpc) is 3.17. The highest BCUT2D eigenvalue weighted by molar-refractivity contribution is 7.98. The normalized spacial score (nSPS) is 10.7. The summed E-state index contributed by atoms with van der Waals surface area (Å²) in [6.45, 7) is 13.1. The highest BCUT2D eigenvalue weighted by Crippen LogP contribution is 2.25. The van der Waals surface area contributed by atoms with Crippen molar-refractivity contribution >= 4 is 28.4 Å². The zero-order valence-electron chi connectivity index (χ0n) is 20.0. The van der Waals surface area contributed by atoms with Gasteiger partial charge in [-0.15, -0.1) is 11.8 Å². The summed E-state index contributed by atoms with van der Waals surface area (Å²) in [7, 11) is 0. The molecular formula is C29H34N2S. The van der Waals surface area contributed by atoms with E-state index in [1.165, 1.54) is 27.1 Å². The standard InChI is InChI=1S/C27H28N2S.C2H6/c1-5-20-6-8-21(9-7-20)16-27-28-25-17-23(19(2)3)12-15-26(25)29(27)18-22-10-13-24(30-4)14-11-22;1-2/h6-15,17H,2,5,16,18H2,1,3-4H3;1-2H3. The summed E-state index contributed by atoms with van der Waals surface area (Å²) in [6, 6.07) is 24.2. The quantitative estimate of drug-likeness (QED) is 0.270. The van der Waals surface area contributed by atoms with Crippen LogP contribution in [0, 0.1) is 0 Å². The number of aromatic nitrogens is 2. The Balaban J connectivity index is 0.00000141. The highest BCUT2D eigenvalue weighted by Gasteiger charge is 2.13. The Hall–Kier alpha value is -2.78. The molecule has 0 spiro atoms. The smallest absolute Gasteiger partial charge is 0.114 e. The number of benzene rings is 3. The number of rotatable bonds is 7. The number of hydrogen-bond donors (Lipinski definition) is 0. The minimum absolute atomic E-state index is 0.819. The zero-order valence-corrected chi connectivity index (χ0v) is 20.8. The first-order chi connectivity index (χ1) is 15.6. The van der Waals surface area contributed by atoms with Crippen molar-refractivity contribution in [3.05, 3.63) is 101 Å². The van der Waals surface area contributed by atoms with E-state index in [-0.39, 0.29) is 0 Å². The average molecular weight is 443 g/mol. The molecule has 0 saturated carbocycles. The van der Waals surface area contributed by atoms with Gasteiger partial charge in [-0.3, -0.25) is 0 Å². The highest BCUT2D eigenvalue weighted by atomic mass is 32.2. The van der Waals surface area contributed by atoms with E-state index in [2.05, 4.69) is 91.1 Å². The molecule has 0 unspecified atom stereocenters. The minimum atomic E-state index is 0.819. The molecule has 32 heavy (non-hydrogen) atoms. The second-order valence-electron chi connectivity index (χ2n) is 7.79. The van der Waals surface area contributed by atoms with E-state index in [4.69, 9.17) is 4.98 Å². The van der Waals surface area contributed by atoms with Gasteiger partial charge in [0.25, 0.3) is 0 Å². The fourth-order valence-corrected chi connectivity index (χ4v) is 4.15. The molecule has 0 amide bonds. The van der Waals surface area contributed by atoms with Crippen LogP contribution in [0.5, 0.6) is 0 Å². The molecule has 0 aliphatic heterocycles. The van der Waals surface area contributed by atoms with Gasteiger partial charge in [0, 0.05) is 17.9 Å². The molecule has 0 aliphatic rings. The molecule has 0 fully saturated rings.